The van der Waals surface area contributed by atoms with Crippen LogP contribution in [0, 0.1) is 0 Å². The normalized spacial score (nSPS) is 24.6. The van der Waals surface area contributed by atoms with Gasteiger partial charge >= 0.3 is 0 Å². The number of aromatic nitrogens is 1. The summed E-state index contributed by atoms with van der Waals surface area (Å²) in [6.45, 7) is 4.88. The van der Waals surface area contributed by atoms with Gasteiger partial charge in [-0.25, -0.2) is 4.98 Å². The number of likely N-dealkylation sites (N-methyl/N-ethyl adjacent to an activating group) is 1. The summed E-state index contributed by atoms with van der Waals surface area (Å²) >= 11 is 0. The van der Waals surface area contributed by atoms with Crippen molar-refractivity contribution in [1.82, 2.24) is 9.88 Å². The van der Waals surface area contributed by atoms with Gasteiger partial charge in [-0.2, -0.15) is 0 Å². The lowest BCUT2D eigenvalue weighted by atomic mass is 10.1. The molecular weight excluding hydrogens is 190 g/mol. The van der Waals surface area contributed by atoms with Gasteiger partial charge in [-0.1, -0.05) is 6.92 Å². The molecule has 0 aromatic carbocycles. The van der Waals surface area contributed by atoms with Gasteiger partial charge in [0.15, 0.2) is 5.89 Å². The summed E-state index contributed by atoms with van der Waals surface area (Å²) < 4.78 is 5.53. The lowest BCUT2D eigenvalue weighted by molar-refractivity contribution is 0.392. The highest BCUT2D eigenvalue weighted by molar-refractivity contribution is 5.07. The van der Waals surface area contributed by atoms with Gasteiger partial charge in [0.25, 0.3) is 0 Å². The minimum absolute atomic E-state index is 0.293. The first-order valence-electron chi connectivity index (χ1n) is 5.54. The van der Waals surface area contributed by atoms with Crippen molar-refractivity contribution in [3.8, 4) is 0 Å². The molecule has 0 radical (unpaired) electrons. The quantitative estimate of drug-likeness (QED) is 0.811. The fourth-order valence-electron chi connectivity index (χ4n) is 1.97. The number of rotatable bonds is 3. The Labute approximate surface area is 90.5 Å². The van der Waals surface area contributed by atoms with Crippen LogP contribution in [0.1, 0.15) is 36.8 Å². The van der Waals surface area contributed by atoms with Crippen LogP contribution in [0.15, 0.2) is 10.7 Å². The molecule has 0 spiro atoms. The van der Waals surface area contributed by atoms with Gasteiger partial charge in [-0.15, -0.1) is 0 Å². The molecule has 0 saturated carbocycles. The van der Waals surface area contributed by atoms with Crippen LogP contribution in [0.3, 0.4) is 0 Å². The van der Waals surface area contributed by atoms with Gasteiger partial charge in [0.2, 0.25) is 0 Å². The lowest BCUT2D eigenvalue weighted by Crippen LogP contribution is -2.13. The highest BCUT2D eigenvalue weighted by atomic mass is 16.3. The Kier molecular flexibility index (Phi) is 3.07. The zero-order valence-corrected chi connectivity index (χ0v) is 9.44. The molecule has 2 rings (SSSR count). The maximum Gasteiger partial charge on any atom is 0.198 e. The van der Waals surface area contributed by atoms with Crippen LogP contribution in [0.25, 0.3) is 0 Å². The van der Waals surface area contributed by atoms with Crippen molar-refractivity contribution in [2.45, 2.75) is 25.2 Å². The van der Waals surface area contributed by atoms with E-state index in [0.717, 1.165) is 31.1 Å². The van der Waals surface area contributed by atoms with Gasteiger partial charge in [0.05, 0.1) is 5.69 Å². The molecule has 0 bridgehead atoms. The molecule has 2 N–H and O–H groups in total. The standard InChI is InChI=1S/C11H19N3O/c1-8(5-12)10-7-15-11(13-10)9-3-4-14(2)6-9/h7-9H,3-6,12H2,1-2H3. The van der Waals surface area contributed by atoms with Crippen LogP contribution in [0.5, 0.6) is 0 Å². The second-order valence-electron chi connectivity index (χ2n) is 4.50. The molecule has 0 amide bonds. The van der Waals surface area contributed by atoms with Crippen molar-refractivity contribution in [2.75, 3.05) is 26.7 Å². The Morgan fingerprint density at radius 3 is 3.13 bits per heavy atom. The summed E-state index contributed by atoms with van der Waals surface area (Å²) in [7, 11) is 2.13. The van der Waals surface area contributed by atoms with Gasteiger partial charge in [0, 0.05) is 24.9 Å². The van der Waals surface area contributed by atoms with Crippen molar-refractivity contribution in [1.29, 1.82) is 0 Å². The molecule has 4 heteroatoms. The van der Waals surface area contributed by atoms with E-state index in [9.17, 15) is 0 Å². The zero-order chi connectivity index (χ0) is 10.8. The molecule has 2 atom stereocenters. The van der Waals surface area contributed by atoms with Crippen LogP contribution >= 0.6 is 0 Å². The topological polar surface area (TPSA) is 55.3 Å². The largest absolute Gasteiger partial charge is 0.448 e. The Bertz CT molecular complexity index is 323. The van der Waals surface area contributed by atoms with E-state index in [4.69, 9.17) is 10.2 Å². The predicted octanol–water partition coefficient (Wildman–Crippen LogP) is 1.16. The van der Waals surface area contributed by atoms with E-state index in [1.54, 1.807) is 6.26 Å². The molecule has 4 nitrogen and oxygen atoms in total. The number of likely N-dealkylation sites (tertiary alicyclic amines) is 1. The summed E-state index contributed by atoms with van der Waals surface area (Å²) in [6.07, 6.45) is 2.90. The molecule has 1 aromatic rings. The number of hydrogen-bond acceptors (Lipinski definition) is 4. The molecular formula is C11H19N3O. The lowest BCUT2D eigenvalue weighted by Gasteiger charge is -2.06. The molecule has 1 fully saturated rings. The third-order valence-electron chi connectivity index (χ3n) is 3.14. The SMILES string of the molecule is CC(CN)c1coc(C2CCN(C)C2)n1. The number of nitrogens with zero attached hydrogens (tertiary/aromatic N) is 2. The first-order valence-corrected chi connectivity index (χ1v) is 5.54. The number of nitrogens with two attached hydrogens (primary N) is 1. The summed E-state index contributed by atoms with van der Waals surface area (Å²) in [4.78, 5) is 6.83. The monoisotopic (exact) mass is 209 g/mol. The zero-order valence-electron chi connectivity index (χ0n) is 9.44. The maximum absolute atomic E-state index is 5.60. The molecule has 1 aliphatic rings. The Morgan fingerprint density at radius 2 is 2.53 bits per heavy atom. The fraction of sp³-hybridized carbons (Fsp3) is 0.727. The average molecular weight is 209 g/mol. The van der Waals surface area contributed by atoms with Crippen LogP contribution in [0.4, 0.5) is 0 Å². The smallest absolute Gasteiger partial charge is 0.198 e. The maximum atomic E-state index is 5.60. The molecule has 1 aromatic heterocycles. The number of hydrogen-bond donors (Lipinski definition) is 1. The first-order chi connectivity index (χ1) is 7.20. The molecule has 1 aliphatic heterocycles. The van der Waals surface area contributed by atoms with Crippen LogP contribution in [0.2, 0.25) is 0 Å². The second kappa shape index (κ2) is 4.33. The van der Waals surface area contributed by atoms with Crippen molar-refractivity contribution >= 4 is 0 Å². The number of oxazole rings is 1. The predicted molar refractivity (Wildman–Crippen MR) is 58.8 cm³/mol. The van der Waals surface area contributed by atoms with Crippen molar-refractivity contribution in [3.05, 3.63) is 17.8 Å². The molecule has 1 saturated heterocycles. The Balaban J connectivity index is 2.07. The van der Waals surface area contributed by atoms with E-state index in [2.05, 4.69) is 23.9 Å². The van der Waals surface area contributed by atoms with E-state index in [1.165, 1.54) is 0 Å². The summed E-state index contributed by atoms with van der Waals surface area (Å²) in [5.41, 5.74) is 6.59. The highest BCUT2D eigenvalue weighted by Crippen LogP contribution is 2.26. The summed E-state index contributed by atoms with van der Waals surface area (Å²) in [6, 6.07) is 0. The molecule has 15 heavy (non-hydrogen) atoms. The van der Waals surface area contributed by atoms with Crippen molar-refractivity contribution in [3.63, 3.8) is 0 Å². The van der Waals surface area contributed by atoms with Gasteiger partial charge in [-0.05, 0) is 20.0 Å². The third-order valence-corrected chi connectivity index (χ3v) is 3.14. The molecule has 2 unspecified atom stereocenters. The van der Waals surface area contributed by atoms with E-state index in [-0.39, 0.29) is 0 Å². The molecule has 84 valence electrons. The Hall–Kier alpha value is -0.870. The van der Waals surface area contributed by atoms with Crippen LogP contribution in [-0.4, -0.2) is 36.6 Å². The second-order valence-corrected chi connectivity index (χ2v) is 4.50. The summed E-state index contributed by atoms with van der Waals surface area (Å²) in [5, 5.41) is 0. The van der Waals surface area contributed by atoms with E-state index < -0.39 is 0 Å². The molecule has 2 heterocycles. The van der Waals surface area contributed by atoms with Gasteiger partial charge in [0.1, 0.15) is 6.26 Å². The third kappa shape index (κ3) is 2.21. The van der Waals surface area contributed by atoms with Gasteiger partial charge < -0.3 is 15.1 Å². The summed E-state index contributed by atoms with van der Waals surface area (Å²) in [5.74, 6) is 1.64. The van der Waals surface area contributed by atoms with E-state index >= 15 is 0 Å². The van der Waals surface area contributed by atoms with Crippen molar-refractivity contribution in [2.24, 2.45) is 5.73 Å². The molecule has 0 aliphatic carbocycles. The average Bonchev–Trinajstić information content (AvgIpc) is 2.84. The van der Waals surface area contributed by atoms with Crippen LogP contribution < -0.4 is 5.73 Å². The minimum Gasteiger partial charge on any atom is -0.448 e. The van der Waals surface area contributed by atoms with Crippen molar-refractivity contribution < 1.29 is 4.42 Å². The van der Waals surface area contributed by atoms with E-state index in [1.807, 2.05) is 0 Å². The first kappa shape index (κ1) is 10.6. The van der Waals surface area contributed by atoms with Crippen LogP contribution in [-0.2, 0) is 0 Å². The van der Waals surface area contributed by atoms with Gasteiger partial charge in [-0.3, -0.25) is 0 Å². The van der Waals surface area contributed by atoms with E-state index in [0.29, 0.717) is 18.4 Å². The minimum atomic E-state index is 0.293. The Morgan fingerprint density at radius 1 is 1.73 bits per heavy atom. The fourth-order valence-corrected chi connectivity index (χ4v) is 1.97. The highest BCUT2D eigenvalue weighted by Gasteiger charge is 2.25.